The predicted octanol–water partition coefficient (Wildman–Crippen LogP) is 3.74. The maximum atomic E-state index is 6.82. The van der Waals surface area contributed by atoms with E-state index in [1.165, 1.54) is 12.8 Å². The van der Waals surface area contributed by atoms with Gasteiger partial charge in [0.25, 0.3) is 0 Å². The van der Waals surface area contributed by atoms with E-state index in [1.54, 1.807) is 0 Å². The molecule has 1 fully saturated rings. The number of aromatic nitrogens is 2. The van der Waals surface area contributed by atoms with Gasteiger partial charge in [-0.25, -0.2) is 0 Å². The van der Waals surface area contributed by atoms with Crippen molar-refractivity contribution >= 4 is 15.9 Å². The summed E-state index contributed by atoms with van der Waals surface area (Å²) in [5.41, 5.74) is 7.97. The molecule has 1 aromatic rings. The molecule has 0 amide bonds. The van der Waals surface area contributed by atoms with E-state index in [-0.39, 0.29) is 11.6 Å². The van der Waals surface area contributed by atoms with Gasteiger partial charge in [-0.3, -0.25) is 4.68 Å². The smallest absolute Gasteiger partial charge is 0.0715 e. The zero-order valence-corrected chi connectivity index (χ0v) is 15.5. The lowest BCUT2D eigenvalue weighted by Crippen LogP contribution is -2.55. The van der Waals surface area contributed by atoms with Crippen molar-refractivity contribution in [3.05, 3.63) is 16.4 Å². The molecule has 1 aliphatic carbocycles. The summed E-state index contributed by atoms with van der Waals surface area (Å²) in [6.45, 7) is 6.65. The van der Waals surface area contributed by atoms with Crippen LogP contribution in [0, 0.1) is 5.92 Å². The molecule has 1 saturated carbocycles. The summed E-state index contributed by atoms with van der Waals surface area (Å²) in [5.74, 6) is 0.724. The molecular formula is C16H29BrN4. The fraction of sp³-hybridized carbons (Fsp3) is 0.812. The Labute approximate surface area is 137 Å². The van der Waals surface area contributed by atoms with Crippen LogP contribution in [-0.2, 0) is 0 Å². The molecule has 5 heteroatoms. The van der Waals surface area contributed by atoms with Crippen molar-refractivity contribution in [2.24, 2.45) is 11.7 Å². The number of likely N-dealkylation sites (N-methyl/N-ethyl adjacent to an activating group) is 1. The number of rotatable bonds is 4. The molecule has 1 aliphatic rings. The molecule has 4 nitrogen and oxygen atoms in total. The summed E-state index contributed by atoms with van der Waals surface area (Å²) < 4.78 is 3.10. The van der Waals surface area contributed by atoms with Crippen LogP contribution in [0.1, 0.15) is 64.2 Å². The highest BCUT2D eigenvalue weighted by molar-refractivity contribution is 9.10. The van der Waals surface area contributed by atoms with E-state index >= 15 is 0 Å². The summed E-state index contributed by atoms with van der Waals surface area (Å²) in [6, 6.07) is 0.284. The first-order valence-electron chi connectivity index (χ1n) is 7.95. The second-order valence-corrected chi connectivity index (χ2v) is 7.95. The fourth-order valence-corrected chi connectivity index (χ4v) is 4.36. The number of nitrogens with two attached hydrogens (primary N) is 1. The van der Waals surface area contributed by atoms with Gasteiger partial charge in [-0.2, -0.15) is 5.10 Å². The Kier molecular flexibility index (Phi) is 5.16. The van der Waals surface area contributed by atoms with Gasteiger partial charge < -0.3 is 10.6 Å². The van der Waals surface area contributed by atoms with Gasteiger partial charge in [0.1, 0.15) is 0 Å². The third kappa shape index (κ3) is 3.06. The molecular weight excluding hydrogens is 328 g/mol. The van der Waals surface area contributed by atoms with E-state index in [0.717, 1.165) is 28.9 Å². The molecule has 0 spiro atoms. The van der Waals surface area contributed by atoms with E-state index < -0.39 is 0 Å². The van der Waals surface area contributed by atoms with Gasteiger partial charge in [0, 0.05) is 11.6 Å². The quantitative estimate of drug-likeness (QED) is 0.893. The second-order valence-electron chi connectivity index (χ2n) is 7.09. The number of hydrogen-bond acceptors (Lipinski definition) is 3. The van der Waals surface area contributed by atoms with E-state index in [2.05, 4.69) is 65.5 Å². The van der Waals surface area contributed by atoms with Crippen molar-refractivity contribution in [3.8, 4) is 0 Å². The number of hydrogen-bond donors (Lipinski definition) is 1. The Morgan fingerprint density at radius 3 is 2.67 bits per heavy atom. The van der Waals surface area contributed by atoms with Crippen molar-refractivity contribution in [2.45, 2.75) is 64.1 Å². The molecule has 0 saturated heterocycles. The Hall–Kier alpha value is -0.390. The molecule has 2 rings (SSSR count). The molecule has 0 aromatic carbocycles. The van der Waals surface area contributed by atoms with Crippen LogP contribution in [0.15, 0.2) is 10.7 Å². The molecule has 0 bridgehead atoms. The second kappa shape index (κ2) is 6.39. The topological polar surface area (TPSA) is 47.1 Å². The highest BCUT2D eigenvalue weighted by Gasteiger charge is 2.44. The van der Waals surface area contributed by atoms with Gasteiger partial charge in [0.05, 0.1) is 22.4 Å². The minimum Gasteiger partial charge on any atom is -0.321 e. The average Bonchev–Trinajstić information content (AvgIpc) is 2.79. The highest BCUT2D eigenvalue weighted by Crippen LogP contribution is 2.44. The lowest BCUT2D eigenvalue weighted by Gasteiger charge is -2.49. The van der Waals surface area contributed by atoms with Crippen molar-refractivity contribution in [1.82, 2.24) is 14.7 Å². The van der Waals surface area contributed by atoms with Gasteiger partial charge in [-0.1, -0.05) is 19.8 Å². The zero-order valence-electron chi connectivity index (χ0n) is 13.9. The van der Waals surface area contributed by atoms with E-state index in [1.807, 2.05) is 6.20 Å². The van der Waals surface area contributed by atoms with Crippen LogP contribution >= 0.6 is 15.9 Å². The van der Waals surface area contributed by atoms with E-state index in [4.69, 9.17) is 5.73 Å². The van der Waals surface area contributed by atoms with Crippen molar-refractivity contribution in [2.75, 3.05) is 14.1 Å². The lowest BCUT2D eigenvalue weighted by atomic mass is 9.70. The van der Waals surface area contributed by atoms with Crippen molar-refractivity contribution in [1.29, 1.82) is 0 Å². The molecule has 0 radical (unpaired) electrons. The SMILES string of the molecule is CC1CCCC(C(N)c2c(Br)cnn2C(C)C)(N(C)C)C1. The number of halogens is 1. The van der Waals surface area contributed by atoms with Gasteiger partial charge in [0.2, 0.25) is 0 Å². The van der Waals surface area contributed by atoms with Crippen molar-refractivity contribution in [3.63, 3.8) is 0 Å². The van der Waals surface area contributed by atoms with Crippen LogP contribution < -0.4 is 5.73 Å². The normalized spacial score (nSPS) is 28.3. The summed E-state index contributed by atoms with van der Waals surface area (Å²) in [6.07, 6.45) is 6.75. The summed E-state index contributed by atoms with van der Waals surface area (Å²) >= 11 is 3.66. The van der Waals surface area contributed by atoms with E-state index in [0.29, 0.717) is 6.04 Å². The van der Waals surface area contributed by atoms with Crippen LogP contribution in [0.25, 0.3) is 0 Å². The molecule has 3 unspecified atom stereocenters. The Balaban J connectivity index is 2.44. The summed E-state index contributed by atoms with van der Waals surface area (Å²) in [7, 11) is 4.34. The Bertz CT molecular complexity index is 483. The van der Waals surface area contributed by atoms with Gasteiger partial charge in [0.15, 0.2) is 0 Å². The molecule has 21 heavy (non-hydrogen) atoms. The predicted molar refractivity (Wildman–Crippen MR) is 91.3 cm³/mol. The summed E-state index contributed by atoms with van der Waals surface area (Å²) in [4.78, 5) is 2.34. The monoisotopic (exact) mass is 356 g/mol. The molecule has 120 valence electrons. The van der Waals surface area contributed by atoms with Crippen LogP contribution in [0.3, 0.4) is 0 Å². The van der Waals surface area contributed by atoms with Gasteiger partial charge in [-0.15, -0.1) is 0 Å². The highest BCUT2D eigenvalue weighted by atomic mass is 79.9. The fourth-order valence-electron chi connectivity index (χ4n) is 3.84. The zero-order chi connectivity index (χ0) is 15.8. The molecule has 3 atom stereocenters. The standard InChI is InChI=1S/C16H29BrN4/c1-11(2)21-14(13(17)10-19-21)15(18)16(20(4)5)8-6-7-12(3)9-16/h10-12,15H,6-9,18H2,1-5H3. The molecule has 0 aliphatic heterocycles. The average molecular weight is 357 g/mol. The van der Waals surface area contributed by atoms with E-state index in [9.17, 15) is 0 Å². The first kappa shape index (κ1) is 17.0. The maximum absolute atomic E-state index is 6.82. The minimum atomic E-state index is -0.0328. The van der Waals surface area contributed by atoms with Gasteiger partial charge in [-0.05, 0) is 62.6 Å². The van der Waals surface area contributed by atoms with Gasteiger partial charge >= 0.3 is 0 Å². The first-order valence-corrected chi connectivity index (χ1v) is 8.75. The van der Waals surface area contributed by atoms with Crippen LogP contribution in [0.5, 0.6) is 0 Å². The number of nitrogens with zero attached hydrogens (tertiary/aromatic N) is 3. The van der Waals surface area contributed by atoms with Crippen LogP contribution in [-0.4, -0.2) is 34.3 Å². The third-order valence-corrected chi connectivity index (χ3v) is 5.66. The van der Waals surface area contributed by atoms with Crippen LogP contribution in [0.4, 0.5) is 0 Å². The minimum absolute atomic E-state index is 0.0207. The summed E-state index contributed by atoms with van der Waals surface area (Å²) in [5, 5.41) is 4.51. The largest absolute Gasteiger partial charge is 0.321 e. The maximum Gasteiger partial charge on any atom is 0.0715 e. The first-order chi connectivity index (χ1) is 9.79. The Morgan fingerprint density at radius 1 is 1.48 bits per heavy atom. The van der Waals surface area contributed by atoms with Crippen molar-refractivity contribution < 1.29 is 0 Å². The lowest BCUT2D eigenvalue weighted by molar-refractivity contribution is 0.0466. The molecule has 2 N–H and O–H groups in total. The third-order valence-electron chi connectivity index (χ3n) is 5.05. The Morgan fingerprint density at radius 2 is 2.14 bits per heavy atom. The van der Waals surface area contributed by atoms with Crippen LogP contribution in [0.2, 0.25) is 0 Å². The molecule has 1 heterocycles. The molecule has 1 aromatic heterocycles.